The smallest absolute Gasteiger partial charge is 0.153 e. The predicted octanol–water partition coefficient (Wildman–Crippen LogP) is 0.815. The van der Waals surface area contributed by atoms with E-state index in [9.17, 15) is 25.2 Å². The van der Waals surface area contributed by atoms with Crippen molar-refractivity contribution in [2.24, 2.45) is 34.5 Å². The van der Waals surface area contributed by atoms with Crippen LogP contribution in [-0.4, -0.2) is 50.6 Å². The summed E-state index contributed by atoms with van der Waals surface area (Å²) in [5.74, 6) is -0.288. The van der Waals surface area contributed by atoms with E-state index >= 15 is 0 Å². The van der Waals surface area contributed by atoms with Crippen LogP contribution in [0.3, 0.4) is 0 Å². The summed E-state index contributed by atoms with van der Waals surface area (Å²) in [7, 11) is 0. The van der Waals surface area contributed by atoms with E-state index in [1.54, 1.807) is 19.1 Å². The molecule has 0 aromatic heterocycles. The highest BCUT2D eigenvalue weighted by Gasteiger charge is 2.75. The van der Waals surface area contributed by atoms with Crippen molar-refractivity contribution in [2.75, 3.05) is 6.61 Å². The second-order valence-electron chi connectivity index (χ2n) is 9.27. The van der Waals surface area contributed by atoms with E-state index in [1.807, 2.05) is 6.92 Å². The van der Waals surface area contributed by atoms with Crippen LogP contribution in [-0.2, 0) is 4.79 Å². The van der Waals surface area contributed by atoms with Gasteiger partial charge in [-0.1, -0.05) is 32.9 Å². The number of aliphatic hydroxyl groups is 4. The normalized spacial score (nSPS) is 53.2. The average Bonchev–Trinajstić information content (AvgIpc) is 3.05. The number of ketones is 1. The van der Waals surface area contributed by atoms with Crippen LogP contribution in [0.2, 0.25) is 0 Å². The topological polar surface area (TPSA) is 98.0 Å². The van der Waals surface area contributed by atoms with Crippen molar-refractivity contribution in [2.45, 2.75) is 51.9 Å². The largest absolute Gasteiger partial charge is 0.392 e. The van der Waals surface area contributed by atoms with Crippen molar-refractivity contribution >= 4 is 5.78 Å². The van der Waals surface area contributed by atoms with Gasteiger partial charge in [-0.25, -0.2) is 0 Å². The number of fused-ring (bicyclic) bond motifs is 3. The van der Waals surface area contributed by atoms with E-state index in [4.69, 9.17) is 0 Å². The van der Waals surface area contributed by atoms with Crippen LogP contribution in [0, 0.1) is 34.5 Å². The number of carbonyl (C=O) groups excluding carboxylic acids is 1. The molecule has 1 spiro atoms. The molecule has 0 saturated heterocycles. The van der Waals surface area contributed by atoms with Crippen LogP contribution < -0.4 is 0 Å². The quantitative estimate of drug-likeness (QED) is 0.526. The van der Waals surface area contributed by atoms with E-state index in [0.29, 0.717) is 11.5 Å². The van der Waals surface area contributed by atoms with E-state index in [2.05, 4.69) is 13.8 Å². The van der Waals surface area contributed by atoms with Gasteiger partial charge in [-0.05, 0) is 47.7 Å². The van der Waals surface area contributed by atoms with Gasteiger partial charge in [0, 0.05) is 5.92 Å². The molecular formula is C20H28O5. The minimum absolute atomic E-state index is 0.0245. The fourth-order valence-corrected chi connectivity index (χ4v) is 6.43. The zero-order valence-corrected chi connectivity index (χ0v) is 15.2. The monoisotopic (exact) mass is 348 g/mol. The molecule has 138 valence electrons. The van der Waals surface area contributed by atoms with Crippen LogP contribution >= 0.6 is 0 Å². The Hall–Kier alpha value is -1.01. The van der Waals surface area contributed by atoms with Gasteiger partial charge in [-0.15, -0.1) is 0 Å². The SMILES string of the molecule is CC1=C[C@]23C(=O)C(C=C(CO)[C@@H](O)[C@]2(O)[C@H]1O)C1C(C[C@H]3C)C1(C)C. The van der Waals surface area contributed by atoms with Gasteiger partial charge < -0.3 is 20.4 Å². The lowest BCUT2D eigenvalue weighted by Gasteiger charge is -2.48. The standard InChI is InChI=1S/C20H28O5/c1-9-7-19-10(2)5-13-14(18(13,3)4)12(17(19)24)6-11(8-21)16(23)20(19,25)15(9)22/h6-7,10,12-16,21-23,25H,5,8H2,1-4H3/t10-,12?,13?,14?,15+,16-,19+,20-/m1/s1. The van der Waals surface area contributed by atoms with Crippen LogP contribution in [0.15, 0.2) is 23.3 Å². The van der Waals surface area contributed by atoms with Gasteiger partial charge in [0.05, 0.1) is 12.0 Å². The van der Waals surface area contributed by atoms with Gasteiger partial charge in [0.1, 0.15) is 17.8 Å². The van der Waals surface area contributed by atoms with Gasteiger partial charge in [0.25, 0.3) is 0 Å². The molecule has 0 aromatic rings. The van der Waals surface area contributed by atoms with Gasteiger partial charge in [-0.2, -0.15) is 0 Å². The summed E-state index contributed by atoms with van der Waals surface area (Å²) in [6.45, 7) is 7.50. The first kappa shape index (κ1) is 17.4. The Morgan fingerprint density at radius 1 is 1.24 bits per heavy atom. The number of allylic oxidation sites excluding steroid dienone is 1. The molecule has 4 N–H and O–H groups in total. The molecule has 0 aromatic carbocycles. The highest BCUT2D eigenvalue weighted by atomic mass is 16.4. The number of rotatable bonds is 1. The molecule has 2 saturated carbocycles. The zero-order chi connectivity index (χ0) is 18.5. The van der Waals surface area contributed by atoms with E-state index in [1.165, 1.54) is 0 Å². The number of Topliss-reactive ketones (excluding diaryl/α,β-unsaturated/α-hetero) is 1. The van der Waals surface area contributed by atoms with Gasteiger partial charge in [-0.3, -0.25) is 4.79 Å². The van der Waals surface area contributed by atoms with Crippen molar-refractivity contribution < 1.29 is 25.2 Å². The predicted molar refractivity (Wildman–Crippen MR) is 91.4 cm³/mol. The van der Waals surface area contributed by atoms with Crippen LogP contribution in [0.5, 0.6) is 0 Å². The molecule has 3 unspecified atom stereocenters. The first-order valence-corrected chi connectivity index (χ1v) is 9.18. The Kier molecular flexibility index (Phi) is 3.36. The summed E-state index contributed by atoms with van der Waals surface area (Å²) in [5, 5.41) is 43.0. The summed E-state index contributed by atoms with van der Waals surface area (Å²) in [6.07, 6.45) is 1.34. The van der Waals surface area contributed by atoms with Crippen molar-refractivity contribution in [1.82, 2.24) is 0 Å². The summed E-state index contributed by atoms with van der Waals surface area (Å²) in [5.41, 5.74) is -2.58. The first-order valence-electron chi connectivity index (χ1n) is 9.18. The Labute approximate surface area is 148 Å². The Bertz CT molecular complexity index is 707. The fraction of sp³-hybridized carbons (Fsp3) is 0.750. The molecule has 0 heterocycles. The van der Waals surface area contributed by atoms with E-state index < -0.39 is 35.7 Å². The van der Waals surface area contributed by atoms with Gasteiger partial charge in [0.2, 0.25) is 0 Å². The van der Waals surface area contributed by atoms with E-state index in [-0.39, 0.29) is 28.6 Å². The number of hydrogen-bond donors (Lipinski definition) is 4. The lowest BCUT2D eigenvalue weighted by molar-refractivity contribution is -0.190. The molecule has 0 amide bonds. The highest BCUT2D eigenvalue weighted by Crippen LogP contribution is 2.71. The fourth-order valence-electron chi connectivity index (χ4n) is 6.43. The highest BCUT2D eigenvalue weighted by molar-refractivity contribution is 5.95. The van der Waals surface area contributed by atoms with Crippen LogP contribution in [0.25, 0.3) is 0 Å². The molecule has 5 nitrogen and oxygen atoms in total. The first-order chi connectivity index (χ1) is 11.5. The number of carbonyl (C=O) groups is 1. The van der Waals surface area contributed by atoms with Crippen LogP contribution in [0.1, 0.15) is 34.1 Å². The Morgan fingerprint density at radius 3 is 2.48 bits per heavy atom. The van der Waals surface area contributed by atoms with Crippen molar-refractivity contribution in [1.29, 1.82) is 0 Å². The molecule has 4 aliphatic carbocycles. The number of hydrogen-bond acceptors (Lipinski definition) is 5. The third kappa shape index (κ3) is 1.71. The molecule has 4 rings (SSSR count). The molecule has 5 heteroatoms. The molecule has 25 heavy (non-hydrogen) atoms. The Balaban J connectivity index is 1.99. The summed E-state index contributed by atoms with van der Waals surface area (Å²) < 4.78 is 0. The van der Waals surface area contributed by atoms with Crippen LogP contribution in [0.4, 0.5) is 0 Å². The minimum Gasteiger partial charge on any atom is -0.392 e. The summed E-state index contributed by atoms with van der Waals surface area (Å²) in [6, 6.07) is 0. The average molecular weight is 348 g/mol. The lowest BCUT2D eigenvalue weighted by atomic mass is 9.59. The maximum atomic E-state index is 13.7. The molecule has 0 radical (unpaired) electrons. The second-order valence-corrected chi connectivity index (χ2v) is 9.27. The minimum atomic E-state index is -2.03. The second kappa shape index (κ2) is 4.83. The summed E-state index contributed by atoms with van der Waals surface area (Å²) in [4.78, 5) is 13.7. The molecule has 0 aliphatic heterocycles. The molecule has 2 fully saturated rings. The molecule has 2 bridgehead atoms. The van der Waals surface area contributed by atoms with Gasteiger partial charge >= 0.3 is 0 Å². The lowest BCUT2D eigenvalue weighted by Crippen LogP contribution is -2.65. The summed E-state index contributed by atoms with van der Waals surface area (Å²) >= 11 is 0. The van der Waals surface area contributed by atoms with Crippen molar-refractivity contribution in [3.8, 4) is 0 Å². The Morgan fingerprint density at radius 2 is 1.88 bits per heavy atom. The van der Waals surface area contributed by atoms with E-state index in [0.717, 1.165) is 6.42 Å². The maximum Gasteiger partial charge on any atom is 0.153 e. The maximum absolute atomic E-state index is 13.7. The molecule has 4 aliphatic rings. The third-order valence-electron chi connectivity index (χ3n) is 7.93. The van der Waals surface area contributed by atoms with Crippen molar-refractivity contribution in [3.63, 3.8) is 0 Å². The zero-order valence-electron chi connectivity index (χ0n) is 15.2. The van der Waals surface area contributed by atoms with Crippen molar-refractivity contribution in [3.05, 3.63) is 23.3 Å². The molecular weight excluding hydrogens is 320 g/mol. The molecule has 8 atom stereocenters. The third-order valence-corrected chi connectivity index (χ3v) is 7.93. The number of aliphatic hydroxyl groups excluding tert-OH is 3. The van der Waals surface area contributed by atoms with Gasteiger partial charge in [0.15, 0.2) is 5.78 Å².